The SMILES string of the molecule is CC(C)Cn1nccc1C1CCCN1. The maximum absolute atomic E-state index is 4.38. The lowest BCUT2D eigenvalue weighted by molar-refractivity contribution is 0.447. The van der Waals surface area contributed by atoms with Gasteiger partial charge >= 0.3 is 0 Å². The van der Waals surface area contributed by atoms with E-state index in [2.05, 4.69) is 35.0 Å². The molecule has 0 radical (unpaired) electrons. The molecule has 1 aliphatic rings. The number of rotatable bonds is 3. The van der Waals surface area contributed by atoms with Crippen molar-refractivity contribution >= 4 is 0 Å². The van der Waals surface area contributed by atoms with Gasteiger partial charge in [0.05, 0.1) is 5.69 Å². The molecule has 1 saturated heterocycles. The van der Waals surface area contributed by atoms with Gasteiger partial charge in [0, 0.05) is 18.8 Å². The third kappa shape index (κ3) is 1.98. The van der Waals surface area contributed by atoms with E-state index in [9.17, 15) is 0 Å². The van der Waals surface area contributed by atoms with Gasteiger partial charge in [0.2, 0.25) is 0 Å². The highest BCUT2D eigenvalue weighted by Crippen LogP contribution is 2.22. The molecule has 3 nitrogen and oxygen atoms in total. The Kier molecular flexibility index (Phi) is 2.87. The molecule has 0 bridgehead atoms. The van der Waals surface area contributed by atoms with E-state index in [0.29, 0.717) is 12.0 Å². The van der Waals surface area contributed by atoms with Crippen LogP contribution in [0.15, 0.2) is 12.3 Å². The predicted octanol–water partition coefficient (Wildman–Crippen LogP) is 1.96. The van der Waals surface area contributed by atoms with Crippen LogP contribution in [0.3, 0.4) is 0 Å². The molecular formula is C11H19N3. The second-order valence-corrected chi connectivity index (χ2v) is 4.48. The van der Waals surface area contributed by atoms with Crippen molar-refractivity contribution in [3.8, 4) is 0 Å². The van der Waals surface area contributed by atoms with Gasteiger partial charge in [-0.3, -0.25) is 4.68 Å². The minimum atomic E-state index is 0.538. The number of hydrogen-bond acceptors (Lipinski definition) is 2. The lowest BCUT2D eigenvalue weighted by Gasteiger charge is -2.14. The van der Waals surface area contributed by atoms with E-state index >= 15 is 0 Å². The Morgan fingerprint density at radius 1 is 1.64 bits per heavy atom. The third-order valence-electron chi connectivity index (χ3n) is 2.70. The average Bonchev–Trinajstić information content (AvgIpc) is 2.70. The smallest absolute Gasteiger partial charge is 0.0553 e. The highest BCUT2D eigenvalue weighted by atomic mass is 15.3. The summed E-state index contributed by atoms with van der Waals surface area (Å²) < 4.78 is 2.15. The summed E-state index contributed by atoms with van der Waals surface area (Å²) in [6, 6.07) is 2.68. The minimum absolute atomic E-state index is 0.538. The fraction of sp³-hybridized carbons (Fsp3) is 0.727. The molecule has 14 heavy (non-hydrogen) atoms. The first-order valence-corrected chi connectivity index (χ1v) is 5.52. The van der Waals surface area contributed by atoms with Gasteiger partial charge in [-0.15, -0.1) is 0 Å². The maximum Gasteiger partial charge on any atom is 0.0553 e. The van der Waals surface area contributed by atoms with E-state index in [0.717, 1.165) is 13.1 Å². The molecule has 1 fully saturated rings. The Bertz CT molecular complexity index is 284. The van der Waals surface area contributed by atoms with Crippen molar-refractivity contribution in [1.29, 1.82) is 0 Å². The zero-order valence-electron chi connectivity index (χ0n) is 9.03. The Balaban J connectivity index is 2.12. The van der Waals surface area contributed by atoms with Crippen molar-refractivity contribution in [3.63, 3.8) is 0 Å². The normalized spacial score (nSPS) is 22.1. The van der Waals surface area contributed by atoms with Crippen molar-refractivity contribution in [2.75, 3.05) is 6.54 Å². The Labute approximate surface area is 85.5 Å². The van der Waals surface area contributed by atoms with Crippen LogP contribution in [-0.4, -0.2) is 16.3 Å². The zero-order chi connectivity index (χ0) is 9.97. The molecule has 0 spiro atoms. The lowest BCUT2D eigenvalue weighted by atomic mass is 10.1. The molecule has 2 heterocycles. The first-order valence-electron chi connectivity index (χ1n) is 5.52. The van der Waals surface area contributed by atoms with Gasteiger partial charge in [-0.1, -0.05) is 13.8 Å². The number of nitrogens with one attached hydrogen (secondary N) is 1. The molecule has 1 N–H and O–H groups in total. The highest BCUT2D eigenvalue weighted by molar-refractivity contribution is 5.08. The molecule has 1 aromatic heterocycles. The molecule has 2 rings (SSSR count). The van der Waals surface area contributed by atoms with Crippen molar-refractivity contribution < 1.29 is 0 Å². The van der Waals surface area contributed by atoms with Gasteiger partial charge < -0.3 is 5.32 Å². The molecule has 3 heteroatoms. The topological polar surface area (TPSA) is 29.9 Å². The number of nitrogens with zero attached hydrogens (tertiary/aromatic N) is 2. The summed E-state index contributed by atoms with van der Waals surface area (Å²) in [5.41, 5.74) is 1.36. The van der Waals surface area contributed by atoms with E-state index in [-0.39, 0.29) is 0 Å². The van der Waals surface area contributed by atoms with Crippen LogP contribution in [0.4, 0.5) is 0 Å². The fourth-order valence-electron chi connectivity index (χ4n) is 2.07. The molecule has 1 unspecified atom stereocenters. The second-order valence-electron chi connectivity index (χ2n) is 4.48. The highest BCUT2D eigenvalue weighted by Gasteiger charge is 2.19. The first kappa shape index (κ1) is 9.71. The van der Waals surface area contributed by atoms with Crippen LogP contribution in [0, 0.1) is 5.92 Å². The molecular weight excluding hydrogens is 174 g/mol. The molecule has 78 valence electrons. The van der Waals surface area contributed by atoms with E-state index in [4.69, 9.17) is 0 Å². The van der Waals surface area contributed by atoms with Crippen LogP contribution in [0.25, 0.3) is 0 Å². The summed E-state index contributed by atoms with van der Waals surface area (Å²) in [5.74, 6) is 0.662. The maximum atomic E-state index is 4.38. The average molecular weight is 193 g/mol. The number of aromatic nitrogens is 2. The molecule has 0 amide bonds. The van der Waals surface area contributed by atoms with Gasteiger partial charge in [0.15, 0.2) is 0 Å². The van der Waals surface area contributed by atoms with Gasteiger partial charge in [-0.25, -0.2) is 0 Å². The Hall–Kier alpha value is -0.830. The summed E-state index contributed by atoms with van der Waals surface area (Å²) in [4.78, 5) is 0. The standard InChI is InChI=1S/C11H19N3/c1-9(2)8-14-11(5-7-13-14)10-4-3-6-12-10/h5,7,9-10,12H,3-4,6,8H2,1-2H3. The molecule has 1 atom stereocenters. The number of hydrogen-bond donors (Lipinski definition) is 1. The third-order valence-corrected chi connectivity index (χ3v) is 2.70. The summed E-state index contributed by atoms with van der Waals surface area (Å²) >= 11 is 0. The first-order chi connectivity index (χ1) is 6.77. The van der Waals surface area contributed by atoms with E-state index in [1.165, 1.54) is 18.5 Å². The van der Waals surface area contributed by atoms with Crippen LogP contribution in [0.2, 0.25) is 0 Å². The largest absolute Gasteiger partial charge is 0.309 e. The van der Waals surface area contributed by atoms with Crippen molar-refractivity contribution in [3.05, 3.63) is 18.0 Å². The van der Waals surface area contributed by atoms with Crippen molar-refractivity contribution in [1.82, 2.24) is 15.1 Å². The molecule has 0 aliphatic carbocycles. The summed E-state index contributed by atoms with van der Waals surface area (Å²) in [5, 5.41) is 7.89. The molecule has 1 aromatic rings. The van der Waals surface area contributed by atoms with Gasteiger partial charge in [-0.2, -0.15) is 5.10 Å². The fourth-order valence-corrected chi connectivity index (χ4v) is 2.07. The van der Waals surface area contributed by atoms with Crippen molar-refractivity contribution in [2.24, 2.45) is 5.92 Å². The molecule has 0 aromatic carbocycles. The quantitative estimate of drug-likeness (QED) is 0.795. The van der Waals surface area contributed by atoms with E-state index in [1.54, 1.807) is 0 Å². The van der Waals surface area contributed by atoms with Crippen LogP contribution in [-0.2, 0) is 6.54 Å². The van der Waals surface area contributed by atoms with E-state index < -0.39 is 0 Å². The Morgan fingerprint density at radius 2 is 2.50 bits per heavy atom. The summed E-state index contributed by atoms with van der Waals surface area (Å²) in [7, 11) is 0. The molecule has 1 aliphatic heterocycles. The van der Waals surface area contributed by atoms with Crippen LogP contribution in [0.1, 0.15) is 38.4 Å². The van der Waals surface area contributed by atoms with E-state index in [1.807, 2.05) is 6.20 Å². The van der Waals surface area contributed by atoms with Gasteiger partial charge in [-0.05, 0) is 31.4 Å². The molecule has 0 saturated carbocycles. The Morgan fingerprint density at radius 3 is 3.14 bits per heavy atom. The predicted molar refractivity (Wildman–Crippen MR) is 57.0 cm³/mol. The summed E-state index contributed by atoms with van der Waals surface area (Å²) in [6.07, 6.45) is 4.46. The summed E-state index contributed by atoms with van der Waals surface area (Å²) in [6.45, 7) is 6.64. The van der Waals surface area contributed by atoms with Crippen LogP contribution in [0.5, 0.6) is 0 Å². The zero-order valence-corrected chi connectivity index (χ0v) is 9.03. The second kappa shape index (κ2) is 4.13. The van der Waals surface area contributed by atoms with Crippen LogP contribution < -0.4 is 5.32 Å². The van der Waals surface area contributed by atoms with Crippen molar-refractivity contribution in [2.45, 2.75) is 39.3 Å². The minimum Gasteiger partial charge on any atom is -0.309 e. The van der Waals surface area contributed by atoms with Gasteiger partial charge in [0.25, 0.3) is 0 Å². The monoisotopic (exact) mass is 193 g/mol. The lowest BCUT2D eigenvalue weighted by Crippen LogP contribution is -2.19. The van der Waals surface area contributed by atoms with Crippen LogP contribution >= 0.6 is 0 Å². The van der Waals surface area contributed by atoms with Gasteiger partial charge in [0.1, 0.15) is 0 Å².